The summed E-state index contributed by atoms with van der Waals surface area (Å²) >= 11 is 0. The predicted molar refractivity (Wildman–Crippen MR) is 138 cm³/mol. The minimum Gasteiger partial charge on any atom is -0.361 e. The first kappa shape index (κ1) is 21.6. The lowest BCUT2D eigenvalue weighted by atomic mass is 10.1. The van der Waals surface area contributed by atoms with Crippen molar-refractivity contribution in [1.82, 2.24) is 19.3 Å². The highest BCUT2D eigenvalue weighted by Gasteiger charge is 2.13. The molecule has 0 N–H and O–H groups in total. The van der Waals surface area contributed by atoms with E-state index in [1.807, 2.05) is 17.1 Å². The quantitative estimate of drug-likeness (QED) is 0.201. The normalized spacial score (nSPS) is 12.1. The summed E-state index contributed by atoms with van der Waals surface area (Å²) in [6, 6.07) is 20.4. The zero-order valence-electron chi connectivity index (χ0n) is 19.5. The lowest BCUT2D eigenvalue weighted by Gasteiger charge is -2.15. The fourth-order valence-electron chi connectivity index (χ4n) is 4.10. The average Bonchev–Trinajstić information content (AvgIpc) is 3.43. The molecule has 0 aliphatic heterocycles. The predicted octanol–water partition coefficient (Wildman–Crippen LogP) is 6.41. The Morgan fingerprint density at radius 3 is 2.67 bits per heavy atom. The highest BCUT2D eigenvalue weighted by molar-refractivity contribution is 6.76. The summed E-state index contributed by atoms with van der Waals surface area (Å²) in [5.74, 6) is 0. The lowest BCUT2D eigenvalue weighted by molar-refractivity contribution is 0.0899. The van der Waals surface area contributed by atoms with Gasteiger partial charge in [0.1, 0.15) is 12.4 Å². The molecule has 0 atom stereocenters. The molecule has 0 aliphatic rings. The number of fused-ring (bicyclic) bond motifs is 2. The van der Waals surface area contributed by atoms with E-state index in [1.54, 1.807) is 0 Å². The van der Waals surface area contributed by atoms with Crippen molar-refractivity contribution >= 4 is 29.9 Å². The van der Waals surface area contributed by atoms with Gasteiger partial charge in [-0.1, -0.05) is 56.0 Å². The number of nitrogens with zero attached hydrogens (tertiary/aromatic N) is 4. The second-order valence-electron chi connectivity index (χ2n) is 9.84. The maximum atomic E-state index is 5.95. The largest absolute Gasteiger partial charge is 0.361 e. The molecule has 5 rings (SSSR count). The first-order valence-electron chi connectivity index (χ1n) is 11.5. The van der Waals surface area contributed by atoms with Gasteiger partial charge in [-0.25, -0.2) is 4.98 Å². The molecule has 0 saturated carbocycles. The summed E-state index contributed by atoms with van der Waals surface area (Å²) in [6.07, 6.45) is 8.00. The molecule has 5 aromatic rings. The van der Waals surface area contributed by atoms with Gasteiger partial charge in [0.2, 0.25) is 0 Å². The molecule has 168 valence electrons. The van der Waals surface area contributed by atoms with E-state index >= 15 is 0 Å². The zero-order valence-corrected chi connectivity index (χ0v) is 20.5. The lowest BCUT2D eigenvalue weighted by Crippen LogP contribution is -2.22. The second-order valence-corrected chi connectivity index (χ2v) is 15.5. The first-order chi connectivity index (χ1) is 16.0. The Morgan fingerprint density at radius 1 is 0.970 bits per heavy atom. The van der Waals surface area contributed by atoms with E-state index in [1.165, 1.54) is 22.4 Å². The molecule has 2 aromatic carbocycles. The summed E-state index contributed by atoms with van der Waals surface area (Å²) in [4.78, 5) is 4.62. The fourth-order valence-corrected chi connectivity index (χ4v) is 4.86. The van der Waals surface area contributed by atoms with Crippen molar-refractivity contribution < 1.29 is 4.74 Å². The minimum absolute atomic E-state index is 0.533. The van der Waals surface area contributed by atoms with Crippen LogP contribution in [-0.2, 0) is 18.0 Å². The molecule has 0 bridgehead atoms. The summed E-state index contributed by atoms with van der Waals surface area (Å²) < 4.78 is 10.0. The molecular formula is C27H30N4OSi. The van der Waals surface area contributed by atoms with Crippen LogP contribution in [-0.4, -0.2) is 34.0 Å². The van der Waals surface area contributed by atoms with Crippen LogP contribution in [0.1, 0.15) is 5.56 Å². The van der Waals surface area contributed by atoms with Gasteiger partial charge >= 0.3 is 0 Å². The van der Waals surface area contributed by atoms with E-state index in [9.17, 15) is 0 Å². The molecule has 0 fully saturated rings. The van der Waals surface area contributed by atoms with Gasteiger partial charge in [-0.15, -0.1) is 0 Å². The van der Waals surface area contributed by atoms with Gasteiger partial charge in [0.25, 0.3) is 0 Å². The molecule has 3 heterocycles. The molecule has 3 aromatic heterocycles. The van der Waals surface area contributed by atoms with Crippen LogP contribution in [0, 0.1) is 0 Å². The summed E-state index contributed by atoms with van der Waals surface area (Å²) in [7, 11) is -1.08. The zero-order chi connectivity index (χ0) is 22.8. The van der Waals surface area contributed by atoms with Gasteiger partial charge in [0.05, 0.1) is 12.7 Å². The van der Waals surface area contributed by atoms with E-state index in [-0.39, 0.29) is 0 Å². The van der Waals surface area contributed by atoms with Crippen LogP contribution in [0.15, 0.2) is 79.4 Å². The average molecular weight is 455 g/mol. The number of pyridine rings is 1. The Hall–Kier alpha value is -3.22. The number of rotatable bonds is 8. The van der Waals surface area contributed by atoms with Crippen LogP contribution in [0.25, 0.3) is 32.9 Å². The van der Waals surface area contributed by atoms with Crippen molar-refractivity contribution in [2.24, 2.45) is 0 Å². The first-order valence-corrected chi connectivity index (χ1v) is 15.2. The van der Waals surface area contributed by atoms with Crippen molar-refractivity contribution in [2.45, 2.75) is 39.0 Å². The number of ether oxygens (including phenoxy) is 1. The van der Waals surface area contributed by atoms with Gasteiger partial charge in [0, 0.05) is 44.2 Å². The van der Waals surface area contributed by atoms with E-state index in [4.69, 9.17) is 4.74 Å². The van der Waals surface area contributed by atoms with E-state index < -0.39 is 8.07 Å². The van der Waals surface area contributed by atoms with E-state index in [0.717, 1.165) is 35.3 Å². The smallest absolute Gasteiger partial charge is 0.142 e. The van der Waals surface area contributed by atoms with Crippen molar-refractivity contribution in [1.29, 1.82) is 0 Å². The van der Waals surface area contributed by atoms with Gasteiger partial charge in [0.15, 0.2) is 0 Å². The van der Waals surface area contributed by atoms with Crippen LogP contribution in [0.5, 0.6) is 0 Å². The maximum Gasteiger partial charge on any atom is 0.142 e. The van der Waals surface area contributed by atoms with Gasteiger partial charge < -0.3 is 9.30 Å². The van der Waals surface area contributed by atoms with Gasteiger partial charge in [-0.3, -0.25) is 4.68 Å². The van der Waals surface area contributed by atoms with Crippen LogP contribution in [0.2, 0.25) is 25.7 Å². The van der Waals surface area contributed by atoms with Crippen molar-refractivity contribution in [2.75, 3.05) is 6.61 Å². The Morgan fingerprint density at radius 2 is 1.82 bits per heavy atom. The van der Waals surface area contributed by atoms with Crippen molar-refractivity contribution in [3.05, 3.63) is 84.9 Å². The highest BCUT2D eigenvalue weighted by Crippen LogP contribution is 2.28. The van der Waals surface area contributed by atoms with Crippen LogP contribution in [0.4, 0.5) is 0 Å². The maximum absolute atomic E-state index is 5.95. The molecule has 0 unspecified atom stereocenters. The third-order valence-electron chi connectivity index (χ3n) is 5.99. The summed E-state index contributed by atoms with van der Waals surface area (Å²) in [5, 5.41) is 8.27. The molecule has 6 heteroatoms. The molecule has 0 aliphatic carbocycles. The molecule has 33 heavy (non-hydrogen) atoms. The monoisotopic (exact) mass is 454 g/mol. The highest BCUT2D eigenvalue weighted by atomic mass is 28.3. The number of aromatic nitrogens is 4. The Balaban J connectivity index is 1.33. The van der Waals surface area contributed by atoms with Crippen LogP contribution in [0.3, 0.4) is 0 Å². The Kier molecular flexibility index (Phi) is 5.87. The molecule has 5 nitrogen and oxygen atoms in total. The standard InChI is InChI=1S/C27H30N4OSi/c1-33(2,3)15-14-32-20-30-13-11-26-25(10-12-28-27(26)30)24-17-29-31(19-24)18-21-8-9-22-6-4-5-7-23(22)16-21/h4-13,16-17,19H,14-15,18,20H2,1-3H3. The third kappa shape index (κ3) is 4.92. The Bertz CT molecular complexity index is 1400. The van der Waals surface area contributed by atoms with Crippen LogP contribution < -0.4 is 0 Å². The number of hydrogen-bond acceptors (Lipinski definition) is 3. The third-order valence-corrected chi connectivity index (χ3v) is 7.70. The topological polar surface area (TPSA) is 44.9 Å². The van der Waals surface area contributed by atoms with E-state index in [0.29, 0.717) is 6.73 Å². The molecule has 0 saturated heterocycles. The second kappa shape index (κ2) is 8.96. The van der Waals surface area contributed by atoms with E-state index in [2.05, 4.69) is 101 Å². The molecule has 0 radical (unpaired) electrons. The number of benzene rings is 2. The molecule has 0 spiro atoms. The SMILES string of the molecule is C[Si](C)(C)CCOCn1ccc2c(-c3cnn(Cc4ccc5ccccc5c4)c3)ccnc21. The summed E-state index contributed by atoms with van der Waals surface area (Å²) in [6.45, 7) is 9.19. The van der Waals surface area contributed by atoms with Crippen molar-refractivity contribution in [3.63, 3.8) is 0 Å². The minimum atomic E-state index is -1.08. The van der Waals surface area contributed by atoms with Gasteiger partial charge in [-0.2, -0.15) is 5.10 Å². The van der Waals surface area contributed by atoms with Crippen molar-refractivity contribution in [3.8, 4) is 11.1 Å². The molecular weight excluding hydrogens is 424 g/mol. The molecule has 0 amide bonds. The summed E-state index contributed by atoms with van der Waals surface area (Å²) in [5.41, 5.74) is 4.43. The van der Waals surface area contributed by atoms with Gasteiger partial charge in [-0.05, 0) is 46.1 Å². The fraction of sp³-hybridized carbons (Fsp3) is 0.259. The Labute approximate surface area is 195 Å². The number of hydrogen-bond donors (Lipinski definition) is 0. The van der Waals surface area contributed by atoms with Crippen LogP contribution >= 0.6 is 0 Å².